The van der Waals surface area contributed by atoms with Gasteiger partial charge in [0.05, 0.1) is 11.9 Å². The number of hydrogen-bond donors (Lipinski definition) is 1. The zero-order chi connectivity index (χ0) is 24.2. The van der Waals surface area contributed by atoms with Crippen molar-refractivity contribution in [2.75, 3.05) is 30.9 Å². The van der Waals surface area contributed by atoms with Crippen molar-refractivity contribution in [3.8, 4) is 11.5 Å². The predicted octanol–water partition coefficient (Wildman–Crippen LogP) is 2.39. The fraction of sp³-hybridized carbons (Fsp3) is 0.364. The maximum absolute atomic E-state index is 13.5. The first-order valence-corrected chi connectivity index (χ1v) is 12.5. The minimum absolute atomic E-state index is 0.0375. The molecule has 178 valence electrons. The van der Waals surface area contributed by atoms with Crippen LogP contribution in [0.1, 0.15) is 18.9 Å². The summed E-state index contributed by atoms with van der Waals surface area (Å²) in [5, 5.41) is 3.12. The Kier molecular flexibility index (Phi) is 7.70. The van der Waals surface area contributed by atoms with Crippen molar-refractivity contribution in [2.24, 2.45) is 0 Å². The van der Waals surface area contributed by atoms with Gasteiger partial charge in [-0.1, -0.05) is 30.7 Å². The van der Waals surface area contributed by atoms with Gasteiger partial charge in [-0.3, -0.25) is 13.9 Å². The van der Waals surface area contributed by atoms with E-state index in [1.54, 1.807) is 43.3 Å². The molecule has 0 saturated carbocycles. The molecule has 1 aliphatic heterocycles. The highest BCUT2D eigenvalue weighted by Gasteiger charge is 2.31. The van der Waals surface area contributed by atoms with Gasteiger partial charge in [-0.2, -0.15) is 0 Å². The molecule has 0 spiro atoms. The molecule has 1 heterocycles. The van der Waals surface area contributed by atoms with Crippen molar-refractivity contribution < 1.29 is 27.5 Å². The number of carbonyl (C=O) groups excluding carboxylic acids is 2. The SMILES string of the molecule is CC[C@@H](C(=O)NC)N(Cc1ccc(Cl)cc1)C(=O)CN(c1ccc2c(c1)OCO2)S(C)(=O)=O. The van der Waals surface area contributed by atoms with Crippen molar-refractivity contribution in [1.82, 2.24) is 10.2 Å². The van der Waals surface area contributed by atoms with Gasteiger partial charge in [0.2, 0.25) is 28.6 Å². The van der Waals surface area contributed by atoms with E-state index in [0.29, 0.717) is 22.9 Å². The standard InChI is InChI=1S/C22H26ClN3O6S/c1-4-18(22(28)24-2)25(12-15-5-7-16(23)8-6-15)21(27)13-26(33(3,29)30)17-9-10-19-20(11-17)32-14-31-19/h5-11,18H,4,12-14H2,1-3H3,(H,24,28)/t18-/m0/s1. The summed E-state index contributed by atoms with van der Waals surface area (Å²) in [5.41, 5.74) is 1.01. The first-order chi connectivity index (χ1) is 15.6. The van der Waals surface area contributed by atoms with Crippen molar-refractivity contribution in [3.63, 3.8) is 0 Å². The molecule has 1 N–H and O–H groups in total. The predicted molar refractivity (Wildman–Crippen MR) is 125 cm³/mol. The number of halogens is 1. The van der Waals surface area contributed by atoms with Gasteiger partial charge in [0.1, 0.15) is 12.6 Å². The molecule has 0 saturated heterocycles. The minimum atomic E-state index is -3.83. The first-order valence-electron chi connectivity index (χ1n) is 10.3. The molecule has 2 aromatic rings. The van der Waals surface area contributed by atoms with Gasteiger partial charge in [-0.05, 0) is 36.2 Å². The van der Waals surface area contributed by atoms with Crippen molar-refractivity contribution in [3.05, 3.63) is 53.1 Å². The van der Waals surface area contributed by atoms with Crippen LogP contribution in [0.4, 0.5) is 5.69 Å². The van der Waals surface area contributed by atoms with Crippen LogP contribution in [-0.4, -0.2) is 57.8 Å². The number of carbonyl (C=O) groups is 2. The summed E-state index contributed by atoms with van der Waals surface area (Å²) in [6.45, 7) is 1.45. The third-order valence-corrected chi connectivity index (χ3v) is 6.61. The molecule has 3 rings (SSSR count). The Morgan fingerprint density at radius 3 is 2.39 bits per heavy atom. The van der Waals surface area contributed by atoms with E-state index in [9.17, 15) is 18.0 Å². The molecule has 9 nitrogen and oxygen atoms in total. The van der Waals surface area contributed by atoms with E-state index >= 15 is 0 Å². The van der Waals surface area contributed by atoms with E-state index in [0.717, 1.165) is 16.1 Å². The Labute approximate surface area is 198 Å². The average Bonchev–Trinajstić information content (AvgIpc) is 3.25. The number of benzene rings is 2. The van der Waals surface area contributed by atoms with Crippen molar-refractivity contribution >= 4 is 39.1 Å². The van der Waals surface area contributed by atoms with Crippen LogP contribution in [0.15, 0.2) is 42.5 Å². The van der Waals surface area contributed by atoms with Gasteiger partial charge in [0.25, 0.3) is 0 Å². The van der Waals surface area contributed by atoms with Crippen LogP contribution in [0.2, 0.25) is 5.02 Å². The molecule has 1 aliphatic rings. The van der Waals surface area contributed by atoms with Gasteiger partial charge in [-0.15, -0.1) is 0 Å². The van der Waals surface area contributed by atoms with E-state index in [-0.39, 0.29) is 24.9 Å². The van der Waals surface area contributed by atoms with Crippen LogP contribution >= 0.6 is 11.6 Å². The fourth-order valence-electron chi connectivity index (χ4n) is 3.53. The summed E-state index contributed by atoms with van der Waals surface area (Å²) < 4.78 is 36.8. The van der Waals surface area contributed by atoms with E-state index < -0.39 is 28.5 Å². The van der Waals surface area contributed by atoms with Crippen LogP contribution in [0.25, 0.3) is 0 Å². The number of fused-ring (bicyclic) bond motifs is 1. The lowest BCUT2D eigenvalue weighted by Crippen LogP contribution is -2.51. The van der Waals surface area contributed by atoms with Gasteiger partial charge in [-0.25, -0.2) is 8.42 Å². The molecule has 0 bridgehead atoms. The number of likely N-dealkylation sites (N-methyl/N-ethyl adjacent to an activating group) is 1. The summed E-state index contributed by atoms with van der Waals surface area (Å²) in [4.78, 5) is 27.4. The smallest absolute Gasteiger partial charge is 0.244 e. The molecule has 0 fully saturated rings. The summed E-state index contributed by atoms with van der Waals surface area (Å²) in [6, 6.07) is 10.8. The lowest BCUT2D eigenvalue weighted by molar-refractivity contribution is -0.140. The highest BCUT2D eigenvalue weighted by molar-refractivity contribution is 7.92. The van der Waals surface area contributed by atoms with Crippen LogP contribution in [-0.2, 0) is 26.2 Å². The lowest BCUT2D eigenvalue weighted by atomic mass is 10.1. The van der Waals surface area contributed by atoms with Crippen LogP contribution in [0, 0.1) is 0 Å². The summed E-state index contributed by atoms with van der Waals surface area (Å²) in [6.07, 6.45) is 1.37. The molecule has 11 heteroatoms. The molecule has 33 heavy (non-hydrogen) atoms. The van der Waals surface area contributed by atoms with E-state index in [2.05, 4.69) is 5.32 Å². The molecule has 0 aromatic heterocycles. The Balaban J connectivity index is 1.93. The molecule has 2 amide bonds. The third kappa shape index (κ3) is 5.88. The number of nitrogens with zero attached hydrogens (tertiary/aromatic N) is 2. The number of rotatable bonds is 9. The molecule has 0 radical (unpaired) electrons. The minimum Gasteiger partial charge on any atom is -0.454 e. The number of amides is 2. The Morgan fingerprint density at radius 2 is 1.79 bits per heavy atom. The Bertz CT molecular complexity index is 1120. The van der Waals surface area contributed by atoms with Gasteiger partial charge in [0.15, 0.2) is 11.5 Å². The number of nitrogens with one attached hydrogen (secondary N) is 1. The quantitative estimate of drug-likeness (QED) is 0.572. The Morgan fingerprint density at radius 1 is 1.12 bits per heavy atom. The molecular weight excluding hydrogens is 470 g/mol. The second kappa shape index (κ2) is 10.3. The third-order valence-electron chi connectivity index (χ3n) is 5.22. The zero-order valence-electron chi connectivity index (χ0n) is 18.6. The summed E-state index contributed by atoms with van der Waals surface area (Å²) in [5.74, 6) is 0.0225. The average molecular weight is 496 g/mol. The van der Waals surface area contributed by atoms with E-state index in [1.165, 1.54) is 18.0 Å². The molecule has 0 unspecified atom stereocenters. The highest BCUT2D eigenvalue weighted by Crippen LogP contribution is 2.36. The topological polar surface area (TPSA) is 105 Å². The van der Waals surface area contributed by atoms with Crippen LogP contribution in [0.3, 0.4) is 0 Å². The molecule has 0 aliphatic carbocycles. The maximum Gasteiger partial charge on any atom is 0.244 e. The number of anilines is 1. The van der Waals surface area contributed by atoms with E-state index in [4.69, 9.17) is 21.1 Å². The largest absolute Gasteiger partial charge is 0.454 e. The van der Waals surface area contributed by atoms with Crippen molar-refractivity contribution in [2.45, 2.75) is 25.9 Å². The molecule has 2 aromatic carbocycles. The second-order valence-corrected chi connectivity index (χ2v) is 9.84. The zero-order valence-corrected chi connectivity index (χ0v) is 20.1. The lowest BCUT2D eigenvalue weighted by Gasteiger charge is -2.32. The van der Waals surface area contributed by atoms with E-state index in [1.807, 2.05) is 0 Å². The Hall–Kier alpha value is -2.98. The summed E-state index contributed by atoms with van der Waals surface area (Å²) in [7, 11) is -2.34. The van der Waals surface area contributed by atoms with Gasteiger partial charge >= 0.3 is 0 Å². The van der Waals surface area contributed by atoms with Crippen LogP contribution < -0.4 is 19.1 Å². The summed E-state index contributed by atoms with van der Waals surface area (Å²) >= 11 is 5.96. The molecule has 1 atom stereocenters. The molecular formula is C22H26ClN3O6S. The second-order valence-electron chi connectivity index (χ2n) is 7.49. The number of ether oxygens (including phenoxy) is 2. The number of hydrogen-bond acceptors (Lipinski definition) is 6. The van der Waals surface area contributed by atoms with Crippen molar-refractivity contribution in [1.29, 1.82) is 0 Å². The number of sulfonamides is 1. The van der Waals surface area contributed by atoms with Gasteiger partial charge < -0.3 is 19.7 Å². The highest BCUT2D eigenvalue weighted by atomic mass is 35.5. The first kappa shape index (κ1) is 24.7. The normalized spacial score (nSPS) is 13.3. The fourth-order valence-corrected chi connectivity index (χ4v) is 4.49. The maximum atomic E-state index is 13.5. The monoisotopic (exact) mass is 495 g/mol. The van der Waals surface area contributed by atoms with Crippen LogP contribution in [0.5, 0.6) is 11.5 Å². The van der Waals surface area contributed by atoms with Gasteiger partial charge in [0, 0.05) is 24.7 Å².